The molecule has 23 heavy (non-hydrogen) atoms. The summed E-state index contributed by atoms with van der Waals surface area (Å²) in [5.74, 6) is 1.53. The van der Waals surface area contributed by atoms with Crippen molar-refractivity contribution in [3.63, 3.8) is 0 Å². The van der Waals surface area contributed by atoms with Gasteiger partial charge in [-0.2, -0.15) is 0 Å². The summed E-state index contributed by atoms with van der Waals surface area (Å²) in [6.45, 7) is 0.262. The van der Waals surface area contributed by atoms with Crippen LogP contribution in [0.4, 0.5) is 5.69 Å². The second-order valence-corrected chi connectivity index (χ2v) is 6.18. The number of hydrogen-bond donors (Lipinski definition) is 3. The molecular weight excluding hydrogens is 336 g/mol. The van der Waals surface area contributed by atoms with Gasteiger partial charge < -0.3 is 15.2 Å². The Morgan fingerprint density at radius 2 is 2.22 bits per heavy atom. The van der Waals surface area contributed by atoms with Gasteiger partial charge in [-0.25, -0.2) is 0 Å². The molecule has 1 fully saturated rings. The van der Waals surface area contributed by atoms with E-state index in [2.05, 4.69) is 16.0 Å². The highest BCUT2D eigenvalue weighted by Gasteiger charge is 2.22. The van der Waals surface area contributed by atoms with E-state index in [-0.39, 0.29) is 36.8 Å². The van der Waals surface area contributed by atoms with E-state index in [1.165, 1.54) is 0 Å². The van der Waals surface area contributed by atoms with Gasteiger partial charge in [0.2, 0.25) is 11.8 Å². The third-order valence-corrected chi connectivity index (χ3v) is 4.61. The van der Waals surface area contributed by atoms with E-state index in [0.29, 0.717) is 0 Å². The van der Waals surface area contributed by atoms with Gasteiger partial charge in [-0.1, -0.05) is 6.07 Å². The Kier molecular flexibility index (Phi) is 5.92. The Morgan fingerprint density at radius 3 is 2.91 bits per heavy atom. The van der Waals surface area contributed by atoms with Crippen LogP contribution in [0.3, 0.4) is 0 Å². The molecule has 1 aliphatic heterocycles. The molecule has 1 aliphatic rings. The number of rotatable bonds is 4. The molecule has 2 aromatic rings. The van der Waals surface area contributed by atoms with Crippen LogP contribution in [-0.2, 0) is 16.1 Å². The van der Waals surface area contributed by atoms with Crippen LogP contribution in [0.2, 0.25) is 0 Å². The van der Waals surface area contributed by atoms with Crippen LogP contribution < -0.4 is 16.0 Å². The van der Waals surface area contributed by atoms with Crippen molar-refractivity contribution in [2.45, 2.75) is 12.6 Å². The number of anilines is 1. The van der Waals surface area contributed by atoms with E-state index < -0.39 is 0 Å². The average molecular weight is 355 g/mol. The SMILES string of the molecule is CNC(=O)Cn1ccc2ccc(NC(=O)C3CSCN3)cc21.Cl. The van der Waals surface area contributed by atoms with Crippen LogP contribution in [0.15, 0.2) is 30.5 Å². The highest BCUT2D eigenvalue weighted by Crippen LogP contribution is 2.21. The van der Waals surface area contributed by atoms with E-state index in [9.17, 15) is 9.59 Å². The fourth-order valence-electron chi connectivity index (χ4n) is 2.43. The molecule has 1 saturated heterocycles. The summed E-state index contributed by atoms with van der Waals surface area (Å²) in [6, 6.07) is 7.55. The quantitative estimate of drug-likeness (QED) is 0.776. The van der Waals surface area contributed by atoms with Crippen molar-refractivity contribution < 1.29 is 9.59 Å². The number of benzene rings is 1. The van der Waals surface area contributed by atoms with Crippen LogP contribution >= 0.6 is 24.2 Å². The zero-order valence-corrected chi connectivity index (χ0v) is 14.3. The number of nitrogens with zero attached hydrogens (tertiary/aromatic N) is 1. The summed E-state index contributed by atoms with van der Waals surface area (Å²) >= 11 is 1.72. The maximum atomic E-state index is 12.1. The van der Waals surface area contributed by atoms with Gasteiger partial charge in [-0.15, -0.1) is 24.2 Å². The number of halogens is 1. The molecule has 1 unspecified atom stereocenters. The number of likely N-dealkylation sites (N-methyl/N-ethyl adjacent to an activating group) is 1. The molecule has 1 atom stereocenters. The summed E-state index contributed by atoms with van der Waals surface area (Å²) in [7, 11) is 1.62. The molecule has 0 saturated carbocycles. The molecule has 0 spiro atoms. The third kappa shape index (κ3) is 3.99. The summed E-state index contributed by atoms with van der Waals surface area (Å²) in [5, 5.41) is 9.73. The molecule has 8 heteroatoms. The minimum atomic E-state index is -0.140. The van der Waals surface area contributed by atoms with Gasteiger partial charge in [-0.3, -0.25) is 14.9 Å². The van der Waals surface area contributed by atoms with E-state index in [1.54, 1.807) is 18.8 Å². The highest BCUT2D eigenvalue weighted by molar-refractivity contribution is 7.99. The largest absolute Gasteiger partial charge is 0.358 e. The molecule has 0 radical (unpaired) electrons. The lowest BCUT2D eigenvalue weighted by atomic mass is 10.2. The summed E-state index contributed by atoms with van der Waals surface area (Å²) < 4.78 is 1.87. The Labute approximate surface area is 144 Å². The molecule has 124 valence electrons. The number of nitrogens with one attached hydrogen (secondary N) is 3. The zero-order valence-electron chi connectivity index (χ0n) is 12.7. The highest BCUT2D eigenvalue weighted by atomic mass is 35.5. The van der Waals surface area contributed by atoms with Gasteiger partial charge in [0.1, 0.15) is 6.54 Å². The number of aromatic nitrogens is 1. The predicted molar refractivity (Wildman–Crippen MR) is 96.1 cm³/mol. The molecular formula is C15H19ClN4O2S. The number of carbonyl (C=O) groups is 2. The van der Waals surface area contributed by atoms with Gasteiger partial charge in [-0.05, 0) is 23.6 Å². The minimum Gasteiger partial charge on any atom is -0.358 e. The van der Waals surface area contributed by atoms with E-state index >= 15 is 0 Å². The van der Waals surface area contributed by atoms with Crippen LogP contribution in [0.25, 0.3) is 10.9 Å². The Bertz CT molecular complexity index is 713. The topological polar surface area (TPSA) is 75.2 Å². The normalized spacial score (nSPS) is 16.8. The van der Waals surface area contributed by atoms with Crippen LogP contribution in [-0.4, -0.2) is 41.1 Å². The summed E-state index contributed by atoms with van der Waals surface area (Å²) in [6.07, 6.45) is 1.88. The zero-order chi connectivity index (χ0) is 15.5. The van der Waals surface area contributed by atoms with Crippen LogP contribution in [0.1, 0.15) is 0 Å². The van der Waals surface area contributed by atoms with E-state index in [1.807, 2.05) is 35.0 Å². The van der Waals surface area contributed by atoms with Crippen molar-refractivity contribution in [3.8, 4) is 0 Å². The second kappa shape index (κ2) is 7.72. The lowest BCUT2D eigenvalue weighted by molar-refractivity contribution is -0.121. The van der Waals surface area contributed by atoms with Crippen molar-refractivity contribution in [1.29, 1.82) is 0 Å². The third-order valence-electron chi connectivity index (χ3n) is 3.67. The smallest absolute Gasteiger partial charge is 0.242 e. The van der Waals surface area contributed by atoms with Gasteiger partial charge in [0.05, 0.1) is 11.6 Å². The fraction of sp³-hybridized carbons (Fsp3) is 0.333. The average Bonchev–Trinajstić information content (AvgIpc) is 3.17. The second-order valence-electron chi connectivity index (χ2n) is 5.15. The first-order valence-electron chi connectivity index (χ1n) is 7.09. The molecule has 1 aromatic heterocycles. The summed E-state index contributed by atoms with van der Waals surface area (Å²) in [4.78, 5) is 23.7. The molecule has 2 heterocycles. The van der Waals surface area contributed by atoms with Crippen molar-refractivity contribution in [1.82, 2.24) is 15.2 Å². The standard InChI is InChI=1S/C15H18N4O2S.ClH/c1-16-14(20)7-19-5-4-10-2-3-11(6-13(10)19)18-15(21)12-8-22-9-17-12;/h2-6,12,17H,7-9H2,1H3,(H,16,20)(H,18,21);1H. The number of thioether (sulfide) groups is 1. The number of hydrogen-bond acceptors (Lipinski definition) is 4. The maximum absolute atomic E-state index is 12.1. The van der Waals surface area contributed by atoms with Crippen molar-refractivity contribution in [3.05, 3.63) is 30.5 Å². The Morgan fingerprint density at radius 1 is 1.39 bits per heavy atom. The first kappa shape index (κ1) is 17.7. The Hall–Kier alpha value is -1.70. The predicted octanol–water partition coefficient (Wildman–Crippen LogP) is 1.41. The first-order valence-corrected chi connectivity index (χ1v) is 8.24. The fourth-order valence-corrected chi connectivity index (χ4v) is 3.37. The number of fused-ring (bicyclic) bond motifs is 1. The number of amides is 2. The van der Waals surface area contributed by atoms with Gasteiger partial charge >= 0.3 is 0 Å². The molecule has 6 nitrogen and oxygen atoms in total. The monoisotopic (exact) mass is 354 g/mol. The van der Waals surface area contributed by atoms with Crippen molar-refractivity contribution in [2.24, 2.45) is 0 Å². The van der Waals surface area contributed by atoms with Crippen LogP contribution in [0.5, 0.6) is 0 Å². The van der Waals surface area contributed by atoms with E-state index in [4.69, 9.17) is 0 Å². The molecule has 0 bridgehead atoms. The number of carbonyl (C=O) groups excluding carboxylic acids is 2. The minimum absolute atomic E-state index is 0. The van der Waals surface area contributed by atoms with Crippen molar-refractivity contribution >= 4 is 52.6 Å². The Balaban J connectivity index is 0.00000192. The first-order chi connectivity index (χ1) is 10.7. The summed E-state index contributed by atoms with van der Waals surface area (Å²) in [5.41, 5.74) is 1.67. The van der Waals surface area contributed by atoms with Gasteiger partial charge in [0.25, 0.3) is 0 Å². The van der Waals surface area contributed by atoms with Crippen molar-refractivity contribution in [2.75, 3.05) is 24.0 Å². The van der Waals surface area contributed by atoms with Crippen LogP contribution in [0, 0.1) is 0 Å². The lowest BCUT2D eigenvalue weighted by Crippen LogP contribution is -2.37. The van der Waals surface area contributed by atoms with E-state index in [0.717, 1.165) is 28.2 Å². The molecule has 2 amide bonds. The molecule has 1 aromatic carbocycles. The van der Waals surface area contributed by atoms with Gasteiger partial charge in [0, 0.05) is 30.6 Å². The molecule has 3 N–H and O–H groups in total. The lowest BCUT2D eigenvalue weighted by Gasteiger charge is -2.11. The maximum Gasteiger partial charge on any atom is 0.242 e. The molecule has 3 rings (SSSR count). The van der Waals surface area contributed by atoms with Gasteiger partial charge in [0.15, 0.2) is 0 Å². The molecule has 0 aliphatic carbocycles.